The van der Waals surface area contributed by atoms with Gasteiger partial charge < -0.3 is 14.5 Å². The van der Waals surface area contributed by atoms with E-state index >= 15 is 0 Å². The van der Waals surface area contributed by atoms with Crippen LogP contribution in [0.2, 0.25) is 0 Å². The average molecular weight is 479 g/mol. The van der Waals surface area contributed by atoms with E-state index in [9.17, 15) is 4.79 Å². The summed E-state index contributed by atoms with van der Waals surface area (Å²) in [5.41, 5.74) is 4.97. The van der Waals surface area contributed by atoms with Gasteiger partial charge in [0.1, 0.15) is 11.3 Å². The molecule has 4 rings (SSSR count). The Hall–Kier alpha value is -3.12. The first-order valence-corrected chi connectivity index (χ1v) is 10.9. The molecule has 0 aliphatic heterocycles. The van der Waals surface area contributed by atoms with Crippen molar-refractivity contribution in [2.24, 2.45) is 0 Å². The molecule has 1 unspecified atom stereocenters. The lowest BCUT2D eigenvalue weighted by atomic mass is 9.98. The normalized spacial score (nSPS) is 12.0. The maximum Gasteiger partial charge on any atom is 0.255 e. The van der Waals surface area contributed by atoms with E-state index in [0.717, 1.165) is 27.6 Å². The highest BCUT2D eigenvalue weighted by molar-refractivity contribution is 9.10. The fourth-order valence-corrected chi connectivity index (χ4v) is 3.86. The summed E-state index contributed by atoms with van der Waals surface area (Å²) >= 11 is 3.40. The Labute approximate surface area is 189 Å². The number of benzene rings is 3. The first kappa shape index (κ1) is 21.1. The van der Waals surface area contributed by atoms with Gasteiger partial charge in [-0.15, -0.1) is 0 Å². The number of rotatable bonds is 6. The molecule has 0 saturated carbocycles. The number of methoxy groups -OCH3 is 1. The van der Waals surface area contributed by atoms with Crippen LogP contribution in [-0.2, 0) is 0 Å². The van der Waals surface area contributed by atoms with Crippen molar-refractivity contribution >= 4 is 38.6 Å². The zero-order valence-electron chi connectivity index (χ0n) is 17.6. The number of hydrogen-bond acceptors (Lipinski definition) is 4. The number of aromatic nitrogens is 1. The average Bonchev–Trinajstić information content (AvgIpc) is 3.22. The van der Waals surface area contributed by atoms with Gasteiger partial charge in [-0.25, -0.2) is 4.98 Å². The molecule has 1 amide bonds. The van der Waals surface area contributed by atoms with Crippen LogP contribution >= 0.6 is 15.9 Å². The van der Waals surface area contributed by atoms with E-state index in [0.29, 0.717) is 28.8 Å². The van der Waals surface area contributed by atoms with Crippen LogP contribution in [0.3, 0.4) is 0 Å². The van der Waals surface area contributed by atoms with E-state index in [-0.39, 0.29) is 5.91 Å². The fraction of sp³-hybridized carbons (Fsp3) is 0.200. The van der Waals surface area contributed by atoms with Crippen molar-refractivity contribution in [3.8, 4) is 17.2 Å². The number of carbonyl (C=O) groups is 1. The van der Waals surface area contributed by atoms with Gasteiger partial charge in [0, 0.05) is 16.8 Å². The van der Waals surface area contributed by atoms with E-state index in [1.165, 1.54) is 5.56 Å². The van der Waals surface area contributed by atoms with Crippen LogP contribution in [0.25, 0.3) is 22.6 Å². The molecule has 0 bridgehead atoms. The molecule has 0 fully saturated rings. The summed E-state index contributed by atoms with van der Waals surface area (Å²) in [6.07, 6.45) is 1.08. The molecule has 5 nitrogen and oxygen atoms in total. The van der Waals surface area contributed by atoms with Crippen molar-refractivity contribution in [2.75, 3.05) is 12.4 Å². The Bertz CT molecular complexity index is 1230. The summed E-state index contributed by atoms with van der Waals surface area (Å²) < 4.78 is 11.9. The predicted molar refractivity (Wildman–Crippen MR) is 127 cm³/mol. The zero-order valence-corrected chi connectivity index (χ0v) is 19.2. The second-order valence-electron chi connectivity index (χ2n) is 7.44. The second-order valence-corrected chi connectivity index (χ2v) is 8.29. The van der Waals surface area contributed by atoms with Gasteiger partial charge >= 0.3 is 0 Å². The minimum absolute atomic E-state index is 0.199. The highest BCUT2D eigenvalue weighted by Crippen LogP contribution is 2.29. The largest absolute Gasteiger partial charge is 0.496 e. The highest BCUT2D eigenvalue weighted by atomic mass is 79.9. The maximum absolute atomic E-state index is 12.5. The topological polar surface area (TPSA) is 64.4 Å². The van der Waals surface area contributed by atoms with Crippen LogP contribution < -0.4 is 10.1 Å². The van der Waals surface area contributed by atoms with Crippen molar-refractivity contribution in [3.63, 3.8) is 0 Å². The summed E-state index contributed by atoms with van der Waals surface area (Å²) in [5, 5.41) is 2.90. The Kier molecular flexibility index (Phi) is 6.09. The van der Waals surface area contributed by atoms with E-state index in [4.69, 9.17) is 9.15 Å². The minimum Gasteiger partial charge on any atom is -0.496 e. The van der Waals surface area contributed by atoms with E-state index in [2.05, 4.69) is 52.2 Å². The molecule has 31 heavy (non-hydrogen) atoms. The van der Waals surface area contributed by atoms with E-state index in [1.807, 2.05) is 30.3 Å². The Balaban J connectivity index is 1.51. The third kappa shape index (κ3) is 4.49. The molecule has 1 aromatic heterocycles. The van der Waals surface area contributed by atoms with Crippen molar-refractivity contribution < 1.29 is 13.9 Å². The van der Waals surface area contributed by atoms with Gasteiger partial charge in [0.05, 0.1) is 11.6 Å². The zero-order chi connectivity index (χ0) is 22.0. The maximum atomic E-state index is 12.5. The molecule has 0 spiro atoms. The third-order valence-corrected chi connectivity index (χ3v) is 6.02. The lowest BCUT2D eigenvalue weighted by Gasteiger charge is -2.08. The number of halogens is 1. The summed E-state index contributed by atoms with van der Waals surface area (Å²) in [6.45, 7) is 4.39. The minimum atomic E-state index is -0.199. The van der Waals surface area contributed by atoms with Crippen LogP contribution in [0.4, 0.5) is 5.69 Å². The summed E-state index contributed by atoms with van der Waals surface area (Å²) in [4.78, 5) is 17.2. The van der Waals surface area contributed by atoms with Crippen LogP contribution in [0.15, 0.2) is 69.6 Å². The van der Waals surface area contributed by atoms with E-state index < -0.39 is 0 Å². The molecular formula is C25H23BrN2O3. The summed E-state index contributed by atoms with van der Waals surface area (Å²) in [7, 11) is 1.59. The van der Waals surface area contributed by atoms with E-state index in [1.54, 1.807) is 25.3 Å². The standard InChI is InChI=1S/C25H23BrN2O3/c1-4-15(2)17-7-12-23-21(14-17)28-25(31-23)16-5-9-19(10-6-16)27-24(29)18-8-11-22(30-3)20(26)13-18/h5-15H,4H2,1-3H3,(H,27,29). The first-order valence-electron chi connectivity index (χ1n) is 10.1. The smallest absolute Gasteiger partial charge is 0.255 e. The van der Waals surface area contributed by atoms with Gasteiger partial charge in [-0.3, -0.25) is 4.79 Å². The van der Waals surface area contributed by atoms with Crippen LogP contribution in [0.5, 0.6) is 5.75 Å². The lowest BCUT2D eigenvalue weighted by molar-refractivity contribution is 0.102. The van der Waals surface area contributed by atoms with Gasteiger partial charge in [0.15, 0.2) is 5.58 Å². The molecule has 3 aromatic carbocycles. The molecular weight excluding hydrogens is 456 g/mol. The summed E-state index contributed by atoms with van der Waals surface area (Å²) in [6, 6.07) is 18.8. The molecule has 0 radical (unpaired) electrons. The number of nitrogens with zero attached hydrogens (tertiary/aromatic N) is 1. The van der Waals surface area contributed by atoms with Crippen LogP contribution in [0, 0.1) is 0 Å². The molecule has 0 aliphatic carbocycles. The number of ether oxygens (including phenoxy) is 1. The van der Waals surface area contributed by atoms with Crippen LogP contribution in [-0.4, -0.2) is 18.0 Å². The molecule has 4 aromatic rings. The van der Waals surface area contributed by atoms with Crippen molar-refractivity contribution in [2.45, 2.75) is 26.2 Å². The molecule has 6 heteroatoms. The number of hydrogen-bond donors (Lipinski definition) is 1. The van der Waals surface area contributed by atoms with Crippen LogP contribution in [0.1, 0.15) is 42.1 Å². The molecule has 1 atom stereocenters. The Morgan fingerprint density at radius 1 is 1.13 bits per heavy atom. The van der Waals surface area contributed by atoms with Gasteiger partial charge in [-0.2, -0.15) is 0 Å². The number of oxazole rings is 1. The van der Waals surface area contributed by atoms with Gasteiger partial charge in [-0.1, -0.05) is 19.9 Å². The molecule has 0 aliphatic rings. The number of carbonyl (C=O) groups excluding carboxylic acids is 1. The van der Waals surface area contributed by atoms with Gasteiger partial charge in [0.25, 0.3) is 5.91 Å². The number of anilines is 1. The predicted octanol–water partition coefficient (Wildman–Crippen LogP) is 7.03. The SMILES string of the molecule is CCC(C)c1ccc2oc(-c3ccc(NC(=O)c4ccc(OC)c(Br)c4)cc3)nc2c1. The van der Waals surface area contributed by atoms with Gasteiger partial charge in [0.2, 0.25) is 5.89 Å². The number of amides is 1. The highest BCUT2D eigenvalue weighted by Gasteiger charge is 2.12. The molecule has 158 valence electrons. The molecule has 1 N–H and O–H groups in total. The first-order chi connectivity index (χ1) is 15.0. The monoisotopic (exact) mass is 478 g/mol. The summed E-state index contributed by atoms with van der Waals surface area (Å²) in [5.74, 6) is 1.53. The quantitative estimate of drug-likeness (QED) is 0.322. The Morgan fingerprint density at radius 3 is 2.58 bits per heavy atom. The third-order valence-electron chi connectivity index (χ3n) is 5.40. The van der Waals surface area contributed by atoms with Crippen molar-refractivity contribution in [1.29, 1.82) is 0 Å². The Morgan fingerprint density at radius 2 is 1.90 bits per heavy atom. The lowest BCUT2D eigenvalue weighted by Crippen LogP contribution is -2.11. The fourth-order valence-electron chi connectivity index (χ4n) is 3.32. The number of nitrogens with one attached hydrogen (secondary N) is 1. The second kappa shape index (κ2) is 8.94. The van der Waals surface area contributed by atoms with Crippen molar-refractivity contribution in [3.05, 3.63) is 76.3 Å². The number of fused-ring (bicyclic) bond motifs is 1. The molecule has 0 saturated heterocycles. The molecule has 1 heterocycles. The van der Waals surface area contributed by atoms with Gasteiger partial charge in [-0.05, 0) is 88.4 Å². The van der Waals surface area contributed by atoms with Crippen molar-refractivity contribution in [1.82, 2.24) is 4.98 Å².